The Balaban J connectivity index is 1.47. The minimum atomic E-state index is -2.63. The third-order valence-electron chi connectivity index (χ3n) is 8.41. The lowest BCUT2D eigenvalue weighted by molar-refractivity contribution is 0.309. The number of hydrogen-bond donors (Lipinski definition) is 0. The number of nitrogens with zero attached hydrogens (tertiary/aromatic N) is 2. The first kappa shape index (κ1) is 29.5. The maximum atomic E-state index is 6.26. The average molecular weight is 590 g/mol. The van der Waals surface area contributed by atoms with Crippen molar-refractivity contribution in [1.82, 2.24) is 9.55 Å². The molecule has 44 heavy (non-hydrogen) atoms. The van der Waals surface area contributed by atoms with Crippen LogP contribution in [0.2, 0.25) is 0 Å². The van der Waals surface area contributed by atoms with Gasteiger partial charge in [0, 0.05) is 18.6 Å². The Bertz CT molecular complexity index is 1650. The van der Waals surface area contributed by atoms with Crippen LogP contribution in [0.25, 0.3) is 0 Å². The monoisotopic (exact) mass is 589 g/mol. The maximum Gasteiger partial charge on any atom is 0.215 e. The van der Waals surface area contributed by atoms with Crippen molar-refractivity contribution < 1.29 is 4.74 Å². The molecule has 0 aliphatic rings. The first-order chi connectivity index (χ1) is 21.8. The fourth-order valence-electron chi connectivity index (χ4n) is 6.13. The molecule has 0 saturated carbocycles. The SMILES string of the molecule is CCCCOc1cccc([Si](Cn2ccnc2[B]C(c2ccccc2)c2ccccc2)(c2ccccc2)c2ccccc2)c1. The van der Waals surface area contributed by atoms with E-state index < -0.39 is 8.07 Å². The van der Waals surface area contributed by atoms with Gasteiger partial charge in [-0.15, -0.1) is 0 Å². The van der Waals surface area contributed by atoms with E-state index in [0.29, 0.717) is 0 Å². The molecule has 6 rings (SSSR count). The molecule has 1 aromatic heterocycles. The zero-order valence-electron chi connectivity index (χ0n) is 25.3. The second kappa shape index (κ2) is 14.2. The summed E-state index contributed by atoms with van der Waals surface area (Å²) in [6, 6.07) is 52.4. The fraction of sp³-hybridized carbons (Fsp3) is 0.154. The van der Waals surface area contributed by atoms with E-state index >= 15 is 0 Å². The lowest BCUT2D eigenvalue weighted by Gasteiger charge is -2.35. The normalized spacial score (nSPS) is 11.4. The highest BCUT2D eigenvalue weighted by Crippen LogP contribution is 2.23. The number of ether oxygens (including phenoxy) is 1. The van der Waals surface area contributed by atoms with Gasteiger partial charge in [0.2, 0.25) is 7.28 Å². The number of benzene rings is 5. The number of imidazole rings is 1. The molecule has 0 amide bonds. The van der Waals surface area contributed by atoms with Crippen molar-refractivity contribution in [2.75, 3.05) is 6.61 Å². The van der Waals surface area contributed by atoms with Crippen LogP contribution in [0.3, 0.4) is 0 Å². The Morgan fingerprint density at radius 1 is 0.682 bits per heavy atom. The molecule has 0 atom stereocenters. The van der Waals surface area contributed by atoms with Gasteiger partial charge >= 0.3 is 0 Å². The molecular weight excluding hydrogens is 551 g/mol. The molecule has 3 nitrogen and oxygen atoms in total. The van der Waals surface area contributed by atoms with Gasteiger partial charge in [-0.2, -0.15) is 0 Å². The molecule has 1 heterocycles. The molecule has 0 fully saturated rings. The Morgan fingerprint density at radius 2 is 1.23 bits per heavy atom. The molecule has 0 unspecified atom stereocenters. The van der Waals surface area contributed by atoms with Crippen LogP contribution in [-0.2, 0) is 6.17 Å². The van der Waals surface area contributed by atoms with Crippen molar-refractivity contribution in [3.63, 3.8) is 0 Å². The molecule has 0 aliphatic carbocycles. The van der Waals surface area contributed by atoms with Crippen LogP contribution < -0.4 is 26.0 Å². The van der Waals surface area contributed by atoms with Crippen molar-refractivity contribution >= 4 is 36.6 Å². The quantitative estimate of drug-likeness (QED) is 0.0955. The summed E-state index contributed by atoms with van der Waals surface area (Å²) in [6.07, 6.45) is 7.05. The largest absolute Gasteiger partial charge is 0.494 e. The Labute approximate surface area is 263 Å². The van der Waals surface area contributed by atoms with Crippen LogP contribution in [-0.4, -0.2) is 31.5 Å². The molecule has 5 aromatic carbocycles. The minimum Gasteiger partial charge on any atom is -0.494 e. The van der Waals surface area contributed by atoms with Gasteiger partial charge < -0.3 is 9.30 Å². The molecule has 0 aliphatic heterocycles. The first-order valence-electron chi connectivity index (χ1n) is 15.6. The highest BCUT2D eigenvalue weighted by Gasteiger charge is 2.40. The van der Waals surface area contributed by atoms with Gasteiger partial charge in [0.05, 0.1) is 12.3 Å². The Hall–Kier alpha value is -4.61. The molecule has 0 bridgehead atoms. The fourth-order valence-corrected chi connectivity index (χ4v) is 10.7. The number of aromatic nitrogens is 2. The van der Waals surface area contributed by atoms with E-state index in [9.17, 15) is 0 Å². The smallest absolute Gasteiger partial charge is 0.215 e. The van der Waals surface area contributed by atoms with Gasteiger partial charge in [0.25, 0.3) is 0 Å². The van der Waals surface area contributed by atoms with Gasteiger partial charge in [0.15, 0.2) is 8.07 Å². The lowest BCUT2D eigenvalue weighted by atomic mass is 9.58. The molecule has 5 heteroatoms. The van der Waals surface area contributed by atoms with Crippen molar-refractivity contribution in [2.24, 2.45) is 0 Å². The predicted octanol–water partition coefficient (Wildman–Crippen LogP) is 5.89. The van der Waals surface area contributed by atoms with Gasteiger partial charge in [-0.05, 0) is 51.1 Å². The van der Waals surface area contributed by atoms with Crippen molar-refractivity contribution in [3.05, 3.63) is 169 Å². The van der Waals surface area contributed by atoms with Crippen LogP contribution >= 0.6 is 0 Å². The number of rotatable bonds is 13. The van der Waals surface area contributed by atoms with Crippen LogP contribution in [0.5, 0.6) is 5.75 Å². The van der Waals surface area contributed by atoms with Gasteiger partial charge in [-0.3, -0.25) is 4.98 Å². The molecule has 0 spiro atoms. The average Bonchev–Trinajstić information content (AvgIpc) is 3.54. The molecule has 217 valence electrons. The van der Waals surface area contributed by atoms with E-state index in [1.54, 1.807) is 0 Å². The molecule has 6 aromatic rings. The Morgan fingerprint density at radius 3 is 1.80 bits per heavy atom. The summed E-state index contributed by atoms with van der Waals surface area (Å²) in [4.78, 5) is 4.94. The number of unbranched alkanes of at least 4 members (excludes halogenated alkanes) is 1. The zero-order chi connectivity index (χ0) is 30.0. The van der Waals surface area contributed by atoms with Crippen molar-refractivity contribution in [3.8, 4) is 5.75 Å². The van der Waals surface area contributed by atoms with Crippen LogP contribution in [0, 0.1) is 0 Å². The highest BCUT2D eigenvalue weighted by atomic mass is 28.3. The van der Waals surface area contributed by atoms with E-state index in [4.69, 9.17) is 9.72 Å². The van der Waals surface area contributed by atoms with E-state index in [1.165, 1.54) is 26.7 Å². The summed E-state index contributed by atoms with van der Waals surface area (Å²) in [7, 11) is -0.302. The van der Waals surface area contributed by atoms with E-state index in [0.717, 1.165) is 37.1 Å². The lowest BCUT2D eigenvalue weighted by Crippen LogP contribution is -2.70. The van der Waals surface area contributed by atoms with Gasteiger partial charge in [-0.25, -0.2) is 0 Å². The molecule has 0 saturated heterocycles. The van der Waals surface area contributed by atoms with E-state index in [1.807, 2.05) is 6.20 Å². The molecule has 0 N–H and O–H groups in total. The van der Waals surface area contributed by atoms with Crippen LogP contribution in [0.15, 0.2) is 158 Å². The molecule has 1 radical (unpaired) electrons. The van der Waals surface area contributed by atoms with E-state index in [-0.39, 0.29) is 5.82 Å². The van der Waals surface area contributed by atoms with Crippen molar-refractivity contribution in [1.29, 1.82) is 0 Å². The molecular formula is C39H38BN2OSi. The van der Waals surface area contributed by atoms with Crippen molar-refractivity contribution in [2.45, 2.75) is 31.8 Å². The Kier molecular flexibility index (Phi) is 9.54. The summed E-state index contributed by atoms with van der Waals surface area (Å²) >= 11 is 0. The summed E-state index contributed by atoms with van der Waals surface area (Å²) in [5.41, 5.74) is 3.47. The second-order valence-corrected chi connectivity index (χ2v) is 15.1. The van der Waals surface area contributed by atoms with E-state index in [2.05, 4.69) is 171 Å². The maximum absolute atomic E-state index is 6.26. The zero-order valence-corrected chi connectivity index (χ0v) is 26.3. The second-order valence-electron chi connectivity index (χ2n) is 11.2. The summed E-state index contributed by atoms with van der Waals surface area (Å²) < 4.78 is 8.63. The minimum absolute atomic E-state index is 0.0818. The third-order valence-corrected chi connectivity index (χ3v) is 13.2. The number of hydrogen-bond acceptors (Lipinski definition) is 2. The first-order valence-corrected chi connectivity index (χ1v) is 17.8. The van der Waals surface area contributed by atoms with Gasteiger partial charge in [0.1, 0.15) is 5.75 Å². The van der Waals surface area contributed by atoms with Crippen LogP contribution in [0.1, 0.15) is 36.7 Å². The van der Waals surface area contributed by atoms with Crippen LogP contribution in [0.4, 0.5) is 0 Å². The van der Waals surface area contributed by atoms with Gasteiger partial charge in [-0.1, -0.05) is 147 Å². The summed E-state index contributed by atoms with van der Waals surface area (Å²) in [5, 5.41) is 4.05. The summed E-state index contributed by atoms with van der Waals surface area (Å²) in [5.74, 6) is 1.02. The summed E-state index contributed by atoms with van der Waals surface area (Å²) in [6.45, 7) is 2.93. The third kappa shape index (κ3) is 6.48. The standard InChI is InChI=1S/C39H38BN2OSi/c1-2-3-29-43-34-21-16-26-37(30-34)44(35-22-12-6-13-23-35,36-24-14-7-15-25-36)31-42-28-27-41-39(42)40-38(32-17-8-4-9-18-32)33-19-10-5-11-20-33/h4-28,30,38H,2-3,29,31H2,1H3. The predicted molar refractivity (Wildman–Crippen MR) is 187 cm³/mol. The highest BCUT2D eigenvalue weighted by molar-refractivity contribution is 7.10. The topological polar surface area (TPSA) is 27.1 Å².